The average Bonchev–Trinajstić information content (AvgIpc) is 3.43. The van der Waals surface area contributed by atoms with Crippen molar-refractivity contribution in [3.05, 3.63) is 89.1 Å². The largest absolute Gasteiger partial charge is 0.492 e. The molecule has 1 aliphatic heterocycles. The number of benzene rings is 3. The Labute approximate surface area is 248 Å². The molecule has 42 heavy (non-hydrogen) atoms. The summed E-state index contributed by atoms with van der Waals surface area (Å²) in [5.41, 5.74) is 8.82. The molecule has 0 bridgehead atoms. The SMILES string of the molecule is CCOc1cc(C(Nc2ccc3c(N)nccc3c2)C(=O)NCc2cccc(NC(=O)N3CC[C@H](O)C3)c2)ccc1Cl. The van der Waals surface area contributed by atoms with E-state index in [9.17, 15) is 14.7 Å². The van der Waals surface area contributed by atoms with Gasteiger partial charge < -0.3 is 36.4 Å². The second kappa shape index (κ2) is 13.0. The van der Waals surface area contributed by atoms with Gasteiger partial charge in [0.25, 0.3) is 0 Å². The molecule has 3 aromatic carbocycles. The third-order valence-electron chi connectivity index (χ3n) is 7.05. The first-order valence-electron chi connectivity index (χ1n) is 13.7. The zero-order valence-corrected chi connectivity index (χ0v) is 23.9. The second-order valence-corrected chi connectivity index (χ2v) is 10.5. The maximum atomic E-state index is 13.7. The number of anilines is 3. The van der Waals surface area contributed by atoms with Crippen molar-refractivity contribution in [1.82, 2.24) is 15.2 Å². The number of aliphatic hydroxyl groups is 1. The number of ether oxygens (including phenoxy) is 1. The van der Waals surface area contributed by atoms with E-state index < -0.39 is 12.1 Å². The Morgan fingerprint density at radius 1 is 1.14 bits per heavy atom. The first-order chi connectivity index (χ1) is 20.3. The number of aliphatic hydroxyl groups excluding tert-OH is 1. The molecular weight excluding hydrogens is 556 g/mol. The number of hydrogen-bond donors (Lipinski definition) is 5. The third kappa shape index (κ3) is 6.84. The van der Waals surface area contributed by atoms with Gasteiger partial charge in [-0.05, 0) is 78.4 Å². The molecule has 5 rings (SSSR count). The Hall–Kier alpha value is -4.54. The molecule has 3 amide bonds. The minimum atomic E-state index is -0.775. The van der Waals surface area contributed by atoms with Crippen LogP contribution in [0.2, 0.25) is 5.02 Å². The van der Waals surface area contributed by atoms with Crippen molar-refractivity contribution in [1.29, 1.82) is 0 Å². The first-order valence-corrected chi connectivity index (χ1v) is 14.1. The average molecular weight is 589 g/mol. The number of hydrogen-bond acceptors (Lipinski definition) is 7. The lowest BCUT2D eigenvalue weighted by atomic mass is 10.0. The van der Waals surface area contributed by atoms with Crippen LogP contribution in [0.4, 0.5) is 22.0 Å². The Morgan fingerprint density at radius 3 is 2.79 bits per heavy atom. The summed E-state index contributed by atoms with van der Waals surface area (Å²) in [7, 11) is 0. The summed E-state index contributed by atoms with van der Waals surface area (Å²) >= 11 is 6.33. The summed E-state index contributed by atoms with van der Waals surface area (Å²) < 4.78 is 5.68. The number of nitrogens with one attached hydrogen (secondary N) is 3. The van der Waals surface area contributed by atoms with Crippen molar-refractivity contribution in [3.8, 4) is 5.75 Å². The summed E-state index contributed by atoms with van der Waals surface area (Å²) in [5, 5.41) is 21.1. The number of aromatic nitrogens is 1. The number of likely N-dealkylation sites (tertiary alicyclic amines) is 1. The van der Waals surface area contributed by atoms with E-state index in [1.807, 2.05) is 49.4 Å². The number of fused-ring (bicyclic) bond motifs is 1. The normalized spacial score (nSPS) is 15.3. The van der Waals surface area contributed by atoms with Crippen molar-refractivity contribution in [2.24, 2.45) is 0 Å². The highest BCUT2D eigenvalue weighted by Gasteiger charge is 2.25. The highest BCUT2D eigenvalue weighted by Crippen LogP contribution is 2.31. The molecule has 0 radical (unpaired) electrons. The number of nitrogens with zero attached hydrogens (tertiary/aromatic N) is 2. The standard InChI is InChI=1S/C31H33ClN6O4/c1-2-42-27-16-21(6-9-26(27)32)28(36-23-7-8-25-20(15-23)10-12-34-29(25)33)30(40)35-17-19-4-3-5-22(14-19)37-31(41)38-13-11-24(39)18-38/h3-10,12,14-16,24,28,36,39H,2,11,13,17-18H2,1H3,(H2,33,34)(H,35,40)(H,37,41)/t24-,28?/m0/s1. The fraction of sp³-hybridized carbons (Fsp3) is 0.258. The molecule has 10 nitrogen and oxygen atoms in total. The minimum Gasteiger partial charge on any atom is -0.492 e. The van der Waals surface area contributed by atoms with E-state index in [1.165, 1.54) is 0 Å². The monoisotopic (exact) mass is 588 g/mol. The number of β-amino-alcohol motifs (C(OH)–C–C–N with tert-alkyl or cyclic N) is 1. The van der Waals surface area contributed by atoms with Gasteiger partial charge in [0.1, 0.15) is 17.6 Å². The van der Waals surface area contributed by atoms with Gasteiger partial charge in [0.2, 0.25) is 5.91 Å². The lowest BCUT2D eigenvalue weighted by molar-refractivity contribution is -0.122. The molecule has 2 atom stereocenters. The number of pyridine rings is 1. The minimum absolute atomic E-state index is 0.231. The Bertz CT molecular complexity index is 1600. The van der Waals surface area contributed by atoms with Gasteiger partial charge in [-0.1, -0.05) is 29.8 Å². The highest BCUT2D eigenvalue weighted by molar-refractivity contribution is 6.32. The molecule has 1 saturated heterocycles. The van der Waals surface area contributed by atoms with Gasteiger partial charge in [-0.25, -0.2) is 9.78 Å². The van der Waals surface area contributed by atoms with Gasteiger partial charge in [-0.15, -0.1) is 0 Å². The van der Waals surface area contributed by atoms with Crippen molar-refractivity contribution < 1.29 is 19.4 Å². The van der Waals surface area contributed by atoms with E-state index in [2.05, 4.69) is 20.9 Å². The fourth-order valence-corrected chi connectivity index (χ4v) is 5.07. The topological polar surface area (TPSA) is 142 Å². The summed E-state index contributed by atoms with van der Waals surface area (Å²) in [6.45, 7) is 3.35. The van der Waals surface area contributed by atoms with Crippen molar-refractivity contribution in [3.63, 3.8) is 0 Å². The molecule has 0 spiro atoms. The molecule has 0 saturated carbocycles. The van der Waals surface area contributed by atoms with Crippen LogP contribution in [0, 0.1) is 0 Å². The van der Waals surface area contributed by atoms with Crippen LogP contribution in [0.1, 0.15) is 30.5 Å². The van der Waals surface area contributed by atoms with E-state index in [0.717, 1.165) is 22.0 Å². The fourth-order valence-electron chi connectivity index (χ4n) is 4.90. The van der Waals surface area contributed by atoms with Gasteiger partial charge in [0.05, 0.1) is 17.7 Å². The number of amides is 3. The molecule has 2 heterocycles. The van der Waals surface area contributed by atoms with Crippen LogP contribution < -0.4 is 26.4 Å². The molecule has 1 unspecified atom stereocenters. The van der Waals surface area contributed by atoms with Gasteiger partial charge in [-0.3, -0.25) is 4.79 Å². The van der Waals surface area contributed by atoms with E-state index in [4.69, 9.17) is 22.1 Å². The lowest BCUT2D eigenvalue weighted by Gasteiger charge is -2.22. The Balaban J connectivity index is 1.34. The maximum Gasteiger partial charge on any atom is 0.321 e. The zero-order valence-electron chi connectivity index (χ0n) is 23.1. The predicted molar refractivity (Wildman–Crippen MR) is 165 cm³/mol. The van der Waals surface area contributed by atoms with Gasteiger partial charge in [0, 0.05) is 42.6 Å². The third-order valence-corrected chi connectivity index (χ3v) is 7.36. The van der Waals surface area contributed by atoms with E-state index in [0.29, 0.717) is 54.0 Å². The number of nitrogens with two attached hydrogens (primary N) is 1. The van der Waals surface area contributed by atoms with Crippen LogP contribution in [0.15, 0.2) is 72.9 Å². The number of rotatable bonds is 9. The number of urea groups is 1. The van der Waals surface area contributed by atoms with Crippen molar-refractivity contribution in [2.45, 2.75) is 32.0 Å². The van der Waals surface area contributed by atoms with E-state index >= 15 is 0 Å². The van der Waals surface area contributed by atoms with Crippen molar-refractivity contribution >= 4 is 51.5 Å². The molecular formula is C31H33ClN6O4. The summed E-state index contributed by atoms with van der Waals surface area (Å²) in [4.78, 5) is 32.0. The summed E-state index contributed by atoms with van der Waals surface area (Å²) in [5.74, 6) is 0.654. The second-order valence-electron chi connectivity index (χ2n) is 10.1. The van der Waals surface area contributed by atoms with E-state index in [1.54, 1.807) is 35.4 Å². The van der Waals surface area contributed by atoms with Gasteiger partial charge in [0.15, 0.2) is 0 Å². The molecule has 1 aromatic heterocycles. The predicted octanol–water partition coefficient (Wildman–Crippen LogP) is 4.94. The smallest absolute Gasteiger partial charge is 0.321 e. The summed E-state index contributed by atoms with van der Waals surface area (Å²) in [6.07, 6.45) is 1.72. The molecule has 6 N–H and O–H groups in total. The number of carbonyl (C=O) groups is 2. The van der Waals surface area contributed by atoms with E-state index in [-0.39, 0.29) is 18.5 Å². The molecule has 11 heteroatoms. The Kier molecular flexibility index (Phi) is 8.94. The number of halogens is 1. The van der Waals surface area contributed by atoms with Crippen LogP contribution in [0.3, 0.4) is 0 Å². The molecule has 4 aromatic rings. The van der Waals surface area contributed by atoms with Gasteiger partial charge in [-0.2, -0.15) is 0 Å². The van der Waals surface area contributed by atoms with Crippen molar-refractivity contribution in [2.75, 3.05) is 36.1 Å². The highest BCUT2D eigenvalue weighted by atomic mass is 35.5. The molecule has 1 fully saturated rings. The molecule has 1 aliphatic rings. The number of carbonyl (C=O) groups excluding carboxylic acids is 2. The van der Waals surface area contributed by atoms with Crippen LogP contribution in [-0.2, 0) is 11.3 Å². The quantitative estimate of drug-likeness (QED) is 0.186. The maximum absolute atomic E-state index is 13.7. The number of nitrogen functional groups attached to an aromatic ring is 1. The Morgan fingerprint density at radius 2 is 2.00 bits per heavy atom. The molecule has 218 valence electrons. The van der Waals surface area contributed by atoms with Crippen LogP contribution in [-0.4, -0.2) is 52.7 Å². The van der Waals surface area contributed by atoms with Crippen LogP contribution in [0.25, 0.3) is 10.8 Å². The molecule has 0 aliphatic carbocycles. The summed E-state index contributed by atoms with van der Waals surface area (Å²) in [6, 6.07) is 19.0. The van der Waals surface area contributed by atoms with Crippen LogP contribution in [0.5, 0.6) is 5.75 Å². The first kappa shape index (κ1) is 29.0. The lowest BCUT2D eigenvalue weighted by Crippen LogP contribution is -2.34. The van der Waals surface area contributed by atoms with Crippen LogP contribution >= 0.6 is 11.6 Å². The van der Waals surface area contributed by atoms with Gasteiger partial charge >= 0.3 is 6.03 Å². The zero-order chi connectivity index (χ0) is 29.6.